The molecule has 0 amide bonds. The van der Waals surface area contributed by atoms with Crippen LogP contribution < -0.4 is 22.3 Å². The van der Waals surface area contributed by atoms with Crippen molar-refractivity contribution in [1.82, 2.24) is 19.5 Å². The van der Waals surface area contributed by atoms with Gasteiger partial charge in [0.25, 0.3) is 5.56 Å². The molecule has 3 rings (SSSR count). The number of aromatic nitrogens is 4. The molecule has 9 nitrogen and oxygen atoms in total. The molecule has 1 unspecified atom stereocenters. The molecular formula is C23H22F2N8O. The molecule has 0 saturated heterocycles. The lowest BCUT2D eigenvalue weighted by Gasteiger charge is -2.23. The number of hydrogen-bond acceptors (Lipinski definition) is 8. The monoisotopic (exact) mass is 464 g/mol. The summed E-state index contributed by atoms with van der Waals surface area (Å²) >= 11 is 0. The minimum Gasteiger partial charge on any atom is -0.382 e. The summed E-state index contributed by atoms with van der Waals surface area (Å²) in [5.41, 5.74) is 10.4. The molecule has 2 aromatic heterocycles. The molecule has 0 radical (unpaired) electrons. The van der Waals surface area contributed by atoms with Crippen molar-refractivity contribution >= 4 is 34.2 Å². The fourth-order valence-electron chi connectivity index (χ4n) is 3.37. The Morgan fingerprint density at radius 1 is 1.29 bits per heavy atom. The summed E-state index contributed by atoms with van der Waals surface area (Å²) in [5.74, 6) is -2.03. The van der Waals surface area contributed by atoms with Crippen molar-refractivity contribution in [3.05, 3.63) is 76.4 Å². The van der Waals surface area contributed by atoms with Gasteiger partial charge in [0.05, 0.1) is 6.04 Å². The first kappa shape index (κ1) is 24.1. The Kier molecular flexibility index (Phi) is 7.01. The Bertz CT molecular complexity index is 1440. The van der Waals surface area contributed by atoms with Crippen LogP contribution in [0.4, 0.5) is 26.4 Å². The highest BCUT2D eigenvalue weighted by Crippen LogP contribution is 2.28. The van der Waals surface area contributed by atoms with Gasteiger partial charge >= 0.3 is 0 Å². The number of anilines is 3. The fourth-order valence-corrected chi connectivity index (χ4v) is 3.37. The predicted molar refractivity (Wildman–Crippen MR) is 127 cm³/mol. The molecule has 2 heterocycles. The van der Waals surface area contributed by atoms with Crippen LogP contribution in [0.1, 0.15) is 37.7 Å². The summed E-state index contributed by atoms with van der Waals surface area (Å²) in [6.07, 6.45) is 6.66. The molecule has 11 heteroatoms. The molecule has 0 aliphatic heterocycles. The topological polar surface area (TPSA) is 149 Å². The number of nitrogens with one attached hydrogen (secondary N) is 1. The number of nitrogens with two attached hydrogens (primary N) is 2. The van der Waals surface area contributed by atoms with E-state index in [1.165, 1.54) is 6.08 Å². The summed E-state index contributed by atoms with van der Waals surface area (Å²) in [4.78, 5) is 25.6. The molecule has 34 heavy (non-hydrogen) atoms. The van der Waals surface area contributed by atoms with Gasteiger partial charge in [-0.3, -0.25) is 9.36 Å². The van der Waals surface area contributed by atoms with Gasteiger partial charge in [-0.2, -0.15) is 15.2 Å². The van der Waals surface area contributed by atoms with Gasteiger partial charge < -0.3 is 16.8 Å². The van der Waals surface area contributed by atoms with Crippen molar-refractivity contribution in [1.29, 1.82) is 5.26 Å². The second-order valence-corrected chi connectivity index (χ2v) is 7.09. The highest BCUT2D eigenvalue weighted by Gasteiger charge is 2.25. The van der Waals surface area contributed by atoms with Crippen LogP contribution in [-0.4, -0.2) is 19.5 Å². The van der Waals surface area contributed by atoms with Gasteiger partial charge in [-0.05, 0) is 37.6 Å². The summed E-state index contributed by atoms with van der Waals surface area (Å²) in [6.45, 7) is 7.28. The molecule has 0 saturated carbocycles. The largest absolute Gasteiger partial charge is 0.382 e. The first-order chi connectivity index (χ1) is 16.3. The molecule has 5 N–H and O–H groups in total. The summed E-state index contributed by atoms with van der Waals surface area (Å²) in [6, 6.07) is 2.88. The number of benzene rings is 1. The first-order valence-corrected chi connectivity index (χ1v) is 10.2. The lowest BCUT2D eigenvalue weighted by atomic mass is 10.1. The number of halogens is 2. The number of rotatable bonds is 7. The van der Waals surface area contributed by atoms with E-state index >= 15 is 0 Å². The van der Waals surface area contributed by atoms with Gasteiger partial charge in [-0.1, -0.05) is 25.7 Å². The molecule has 0 fully saturated rings. The second-order valence-electron chi connectivity index (χ2n) is 7.09. The number of hydrogen-bond donors (Lipinski definition) is 3. The standard InChI is InChI=1S/C23H22F2N8O/c1-4-7-8-12(5-2)33-21(30-18-15(25)10-9-14(24)17(18)22(33)34)16(6-3)29-20-13(11-26)19(27)31-23(28)32-20/h4-5,7-10,16H,2,6H2,1,3H3,(H5,27,28,29,31,32)/b7-4-,12-8+. The van der Waals surface area contributed by atoms with Crippen LogP contribution in [0.2, 0.25) is 0 Å². The zero-order valence-electron chi connectivity index (χ0n) is 18.5. The van der Waals surface area contributed by atoms with Crippen LogP contribution in [0, 0.1) is 23.0 Å². The molecular weight excluding hydrogens is 442 g/mol. The minimum atomic E-state index is -0.909. The van der Waals surface area contributed by atoms with E-state index in [0.29, 0.717) is 6.42 Å². The molecule has 0 spiro atoms. The predicted octanol–water partition coefficient (Wildman–Crippen LogP) is 3.67. The molecule has 1 aromatic carbocycles. The van der Waals surface area contributed by atoms with E-state index in [4.69, 9.17) is 11.5 Å². The van der Waals surface area contributed by atoms with E-state index in [9.17, 15) is 18.8 Å². The van der Waals surface area contributed by atoms with E-state index in [1.807, 2.05) is 6.07 Å². The maximum Gasteiger partial charge on any atom is 0.269 e. The SMILES string of the molecule is C=C/C(=C\C=C/C)n1c(C(CC)Nc2nc(N)nc(N)c2C#N)nc2c(F)ccc(F)c2c1=O. The van der Waals surface area contributed by atoms with E-state index in [1.54, 1.807) is 32.1 Å². The first-order valence-electron chi connectivity index (χ1n) is 10.2. The maximum atomic E-state index is 14.6. The van der Waals surface area contributed by atoms with E-state index < -0.39 is 34.1 Å². The Labute approximate surface area is 193 Å². The third-order valence-electron chi connectivity index (χ3n) is 4.97. The van der Waals surface area contributed by atoms with Gasteiger partial charge in [0.2, 0.25) is 5.95 Å². The number of nitriles is 1. The van der Waals surface area contributed by atoms with Crippen molar-refractivity contribution in [3.63, 3.8) is 0 Å². The molecule has 174 valence electrons. The third-order valence-corrected chi connectivity index (χ3v) is 4.97. The average Bonchev–Trinajstić information content (AvgIpc) is 2.80. The quantitative estimate of drug-likeness (QED) is 0.449. The van der Waals surface area contributed by atoms with Crippen molar-refractivity contribution in [2.24, 2.45) is 0 Å². The number of allylic oxidation sites excluding steroid dienone is 5. The lowest BCUT2D eigenvalue weighted by molar-refractivity contribution is 0.605. The number of nitrogen functional groups attached to an aromatic ring is 2. The van der Waals surface area contributed by atoms with Crippen LogP contribution in [0.25, 0.3) is 16.6 Å². The number of fused-ring (bicyclic) bond motifs is 1. The minimum absolute atomic E-state index is 0.0116. The normalized spacial score (nSPS) is 12.6. The summed E-state index contributed by atoms with van der Waals surface area (Å²) < 4.78 is 30.4. The lowest BCUT2D eigenvalue weighted by Crippen LogP contribution is -2.29. The van der Waals surface area contributed by atoms with E-state index in [2.05, 4.69) is 26.8 Å². The second kappa shape index (κ2) is 9.91. The van der Waals surface area contributed by atoms with Crippen LogP contribution in [-0.2, 0) is 0 Å². The van der Waals surface area contributed by atoms with Crippen LogP contribution >= 0.6 is 0 Å². The Hall–Kier alpha value is -4.59. The van der Waals surface area contributed by atoms with Crippen molar-refractivity contribution in [2.45, 2.75) is 26.3 Å². The van der Waals surface area contributed by atoms with Crippen molar-refractivity contribution in [3.8, 4) is 6.07 Å². The van der Waals surface area contributed by atoms with Crippen LogP contribution in [0.15, 0.2) is 47.8 Å². The van der Waals surface area contributed by atoms with Crippen molar-refractivity contribution < 1.29 is 8.78 Å². The summed E-state index contributed by atoms with van der Waals surface area (Å²) in [5, 5.41) is 12.0. The number of nitrogens with zero attached hydrogens (tertiary/aromatic N) is 5. The highest BCUT2D eigenvalue weighted by molar-refractivity contribution is 5.80. The van der Waals surface area contributed by atoms with Crippen LogP contribution in [0.5, 0.6) is 0 Å². The Balaban J connectivity index is 2.37. The van der Waals surface area contributed by atoms with Crippen LogP contribution in [0.3, 0.4) is 0 Å². The van der Waals surface area contributed by atoms with E-state index in [-0.39, 0.29) is 34.7 Å². The average molecular weight is 464 g/mol. The fraction of sp³-hybridized carbons (Fsp3) is 0.174. The molecule has 0 aliphatic rings. The molecule has 0 bridgehead atoms. The molecule has 0 aliphatic carbocycles. The molecule has 1 atom stereocenters. The third kappa shape index (κ3) is 4.33. The Morgan fingerprint density at radius 2 is 2.00 bits per heavy atom. The zero-order valence-corrected chi connectivity index (χ0v) is 18.5. The maximum absolute atomic E-state index is 14.6. The van der Waals surface area contributed by atoms with Gasteiger partial charge in [-0.15, -0.1) is 0 Å². The van der Waals surface area contributed by atoms with E-state index in [0.717, 1.165) is 16.7 Å². The summed E-state index contributed by atoms with van der Waals surface area (Å²) in [7, 11) is 0. The zero-order chi connectivity index (χ0) is 25.0. The Morgan fingerprint density at radius 3 is 2.62 bits per heavy atom. The molecule has 3 aromatic rings. The van der Waals surface area contributed by atoms with Gasteiger partial charge in [0.15, 0.2) is 5.82 Å². The van der Waals surface area contributed by atoms with Crippen molar-refractivity contribution in [2.75, 3.05) is 16.8 Å². The van der Waals surface area contributed by atoms with Gasteiger partial charge in [0.1, 0.15) is 45.8 Å². The van der Waals surface area contributed by atoms with Gasteiger partial charge in [0, 0.05) is 5.70 Å². The smallest absolute Gasteiger partial charge is 0.269 e. The van der Waals surface area contributed by atoms with Gasteiger partial charge in [-0.25, -0.2) is 13.8 Å². The highest BCUT2D eigenvalue weighted by atomic mass is 19.1.